The third kappa shape index (κ3) is 3.09. The molecule has 3 heteroatoms. The zero-order valence-corrected chi connectivity index (χ0v) is 11.4. The first kappa shape index (κ1) is 12.5. The summed E-state index contributed by atoms with van der Waals surface area (Å²) in [5.41, 5.74) is 1.12. The van der Waals surface area contributed by atoms with E-state index in [4.69, 9.17) is 4.74 Å². The lowest BCUT2D eigenvalue weighted by Crippen LogP contribution is -2.31. The summed E-state index contributed by atoms with van der Waals surface area (Å²) in [7, 11) is 0. The number of amidine groups is 1. The fourth-order valence-corrected chi connectivity index (χ4v) is 2.84. The van der Waals surface area contributed by atoms with Crippen LogP contribution in [0, 0.1) is 0 Å². The maximum atomic E-state index is 6.22. The Bertz CT molecular complexity index is 450. The molecule has 1 aliphatic heterocycles. The van der Waals surface area contributed by atoms with Gasteiger partial charge >= 0.3 is 0 Å². The highest BCUT2D eigenvalue weighted by molar-refractivity contribution is 6.01. The van der Waals surface area contributed by atoms with E-state index >= 15 is 0 Å². The molecule has 0 radical (unpaired) electrons. The SMILES string of the molecule is c1ccc(C2=NCCCN2)c(OC2CCCCC2)c1. The van der Waals surface area contributed by atoms with Gasteiger partial charge in [0.1, 0.15) is 11.6 Å². The molecule has 0 bridgehead atoms. The number of hydrogen-bond acceptors (Lipinski definition) is 3. The highest BCUT2D eigenvalue weighted by Crippen LogP contribution is 2.26. The molecule has 1 fully saturated rings. The first-order valence-electron chi connectivity index (χ1n) is 7.48. The third-order valence-corrected chi connectivity index (χ3v) is 3.89. The summed E-state index contributed by atoms with van der Waals surface area (Å²) in [6.45, 7) is 1.93. The summed E-state index contributed by atoms with van der Waals surface area (Å²) in [5, 5.41) is 3.38. The average Bonchev–Trinajstić information content (AvgIpc) is 2.50. The molecule has 3 nitrogen and oxygen atoms in total. The average molecular weight is 258 g/mol. The van der Waals surface area contributed by atoms with Crippen molar-refractivity contribution < 1.29 is 4.74 Å². The maximum Gasteiger partial charge on any atom is 0.132 e. The molecular formula is C16H22N2O. The molecular weight excluding hydrogens is 236 g/mol. The van der Waals surface area contributed by atoms with Gasteiger partial charge in [0.25, 0.3) is 0 Å². The van der Waals surface area contributed by atoms with Gasteiger partial charge in [0, 0.05) is 13.1 Å². The van der Waals surface area contributed by atoms with Crippen LogP contribution in [0.2, 0.25) is 0 Å². The number of nitrogens with zero attached hydrogens (tertiary/aromatic N) is 1. The van der Waals surface area contributed by atoms with E-state index in [9.17, 15) is 0 Å². The fraction of sp³-hybridized carbons (Fsp3) is 0.562. The minimum absolute atomic E-state index is 0.388. The van der Waals surface area contributed by atoms with Crippen LogP contribution in [0.4, 0.5) is 0 Å². The van der Waals surface area contributed by atoms with Gasteiger partial charge in [0.2, 0.25) is 0 Å². The lowest BCUT2D eigenvalue weighted by molar-refractivity contribution is 0.154. The van der Waals surface area contributed by atoms with E-state index in [1.807, 2.05) is 6.07 Å². The number of ether oxygens (including phenoxy) is 1. The van der Waals surface area contributed by atoms with E-state index in [2.05, 4.69) is 28.5 Å². The zero-order valence-electron chi connectivity index (χ0n) is 11.4. The lowest BCUT2D eigenvalue weighted by atomic mass is 9.97. The van der Waals surface area contributed by atoms with Crippen molar-refractivity contribution in [2.45, 2.75) is 44.6 Å². The summed E-state index contributed by atoms with van der Waals surface area (Å²) < 4.78 is 6.22. The standard InChI is InChI=1S/C16H22N2O/c1-2-7-13(8-3-1)19-15-10-5-4-9-14(15)16-17-11-6-12-18-16/h4-5,9-10,13H,1-3,6-8,11-12H2,(H,17,18). The Morgan fingerprint density at radius 2 is 1.89 bits per heavy atom. The van der Waals surface area contributed by atoms with Crippen molar-refractivity contribution in [1.29, 1.82) is 0 Å². The molecule has 1 aromatic rings. The van der Waals surface area contributed by atoms with Crippen LogP contribution in [0.25, 0.3) is 0 Å². The summed E-state index contributed by atoms with van der Waals surface area (Å²) in [6.07, 6.45) is 7.84. The molecule has 19 heavy (non-hydrogen) atoms. The van der Waals surface area contributed by atoms with Crippen LogP contribution in [0.3, 0.4) is 0 Å². The summed E-state index contributed by atoms with van der Waals surface area (Å²) >= 11 is 0. The molecule has 0 saturated heterocycles. The number of hydrogen-bond donors (Lipinski definition) is 1. The Morgan fingerprint density at radius 3 is 2.68 bits per heavy atom. The van der Waals surface area contributed by atoms with Crippen LogP contribution in [-0.2, 0) is 0 Å². The second-order valence-electron chi connectivity index (χ2n) is 5.38. The minimum atomic E-state index is 0.388. The van der Waals surface area contributed by atoms with Gasteiger partial charge in [-0.05, 0) is 44.2 Å². The lowest BCUT2D eigenvalue weighted by Gasteiger charge is -2.25. The third-order valence-electron chi connectivity index (χ3n) is 3.89. The number of benzene rings is 1. The van der Waals surface area contributed by atoms with Crippen LogP contribution in [0.15, 0.2) is 29.3 Å². The van der Waals surface area contributed by atoms with Crippen molar-refractivity contribution in [2.24, 2.45) is 4.99 Å². The Hall–Kier alpha value is -1.51. The second-order valence-corrected chi connectivity index (χ2v) is 5.38. The van der Waals surface area contributed by atoms with Crippen molar-refractivity contribution in [3.8, 4) is 5.75 Å². The molecule has 0 spiro atoms. The van der Waals surface area contributed by atoms with Gasteiger partial charge in [-0.25, -0.2) is 0 Å². The van der Waals surface area contributed by atoms with Gasteiger partial charge in [-0.3, -0.25) is 4.99 Å². The Balaban J connectivity index is 1.78. The number of para-hydroxylation sites is 1. The van der Waals surface area contributed by atoms with E-state index in [0.29, 0.717) is 6.10 Å². The normalized spacial score (nSPS) is 20.5. The monoisotopic (exact) mass is 258 g/mol. The van der Waals surface area contributed by atoms with Gasteiger partial charge in [0.05, 0.1) is 11.7 Å². The van der Waals surface area contributed by atoms with Crippen molar-refractivity contribution >= 4 is 5.84 Å². The molecule has 1 aromatic carbocycles. The van der Waals surface area contributed by atoms with Crippen molar-refractivity contribution in [3.63, 3.8) is 0 Å². The molecule has 3 rings (SSSR count). The fourth-order valence-electron chi connectivity index (χ4n) is 2.84. The largest absolute Gasteiger partial charge is 0.490 e. The zero-order chi connectivity index (χ0) is 12.9. The smallest absolute Gasteiger partial charge is 0.132 e. The molecule has 1 N–H and O–H groups in total. The van der Waals surface area contributed by atoms with E-state index in [1.165, 1.54) is 32.1 Å². The van der Waals surface area contributed by atoms with Crippen molar-refractivity contribution in [2.75, 3.05) is 13.1 Å². The van der Waals surface area contributed by atoms with Crippen LogP contribution >= 0.6 is 0 Å². The number of aliphatic imine (C=N–C) groups is 1. The van der Waals surface area contributed by atoms with Crippen molar-refractivity contribution in [1.82, 2.24) is 5.32 Å². The quantitative estimate of drug-likeness (QED) is 0.903. The van der Waals surface area contributed by atoms with Gasteiger partial charge < -0.3 is 10.1 Å². The van der Waals surface area contributed by atoms with Crippen LogP contribution in [0.1, 0.15) is 44.1 Å². The first-order valence-corrected chi connectivity index (χ1v) is 7.48. The topological polar surface area (TPSA) is 33.6 Å². The molecule has 0 unspecified atom stereocenters. The van der Waals surface area contributed by atoms with E-state index in [1.54, 1.807) is 0 Å². The first-order chi connectivity index (χ1) is 9.43. The molecule has 1 saturated carbocycles. The van der Waals surface area contributed by atoms with E-state index in [0.717, 1.165) is 36.7 Å². The predicted octanol–water partition coefficient (Wildman–Crippen LogP) is 3.14. The molecule has 1 aliphatic carbocycles. The highest BCUT2D eigenvalue weighted by atomic mass is 16.5. The molecule has 0 amide bonds. The predicted molar refractivity (Wildman–Crippen MR) is 78.0 cm³/mol. The van der Waals surface area contributed by atoms with Crippen LogP contribution in [-0.4, -0.2) is 25.0 Å². The highest BCUT2D eigenvalue weighted by Gasteiger charge is 2.18. The van der Waals surface area contributed by atoms with Gasteiger partial charge in [0.15, 0.2) is 0 Å². The number of rotatable bonds is 3. The van der Waals surface area contributed by atoms with E-state index < -0.39 is 0 Å². The van der Waals surface area contributed by atoms with Gasteiger partial charge in [-0.2, -0.15) is 0 Å². The van der Waals surface area contributed by atoms with Gasteiger partial charge in [-0.1, -0.05) is 18.6 Å². The van der Waals surface area contributed by atoms with Gasteiger partial charge in [-0.15, -0.1) is 0 Å². The van der Waals surface area contributed by atoms with Crippen LogP contribution in [0.5, 0.6) is 5.75 Å². The molecule has 102 valence electrons. The maximum absolute atomic E-state index is 6.22. The minimum Gasteiger partial charge on any atom is -0.490 e. The molecule has 0 atom stereocenters. The Labute approximate surface area is 115 Å². The molecule has 1 heterocycles. The Morgan fingerprint density at radius 1 is 1.05 bits per heavy atom. The summed E-state index contributed by atoms with van der Waals surface area (Å²) in [5.74, 6) is 1.99. The number of nitrogens with one attached hydrogen (secondary N) is 1. The van der Waals surface area contributed by atoms with E-state index in [-0.39, 0.29) is 0 Å². The Kier molecular flexibility index (Phi) is 4.01. The molecule has 0 aromatic heterocycles. The molecule has 2 aliphatic rings. The van der Waals surface area contributed by atoms with Crippen molar-refractivity contribution in [3.05, 3.63) is 29.8 Å². The summed E-state index contributed by atoms with van der Waals surface area (Å²) in [4.78, 5) is 4.58. The summed E-state index contributed by atoms with van der Waals surface area (Å²) in [6, 6.07) is 8.28. The second kappa shape index (κ2) is 6.09. The van der Waals surface area contributed by atoms with Crippen LogP contribution < -0.4 is 10.1 Å².